The molecule has 8 nitrogen and oxygen atoms in total. The SMILES string of the molecule is COc1ccc(Cl)cc1NC(=O)CN(C)C(=O)C1CCN(c2ccc(C#N)cn2)CC1. The Morgan fingerprint density at radius 1 is 1.32 bits per heavy atom. The van der Waals surface area contributed by atoms with Gasteiger partial charge in [0.25, 0.3) is 0 Å². The van der Waals surface area contributed by atoms with E-state index in [4.69, 9.17) is 21.6 Å². The lowest BCUT2D eigenvalue weighted by molar-refractivity contribution is -0.137. The van der Waals surface area contributed by atoms with Crippen molar-refractivity contribution in [1.29, 1.82) is 5.26 Å². The number of nitrogens with zero attached hydrogens (tertiary/aromatic N) is 4. The highest BCUT2D eigenvalue weighted by molar-refractivity contribution is 6.31. The molecule has 0 atom stereocenters. The van der Waals surface area contributed by atoms with E-state index in [0.717, 1.165) is 5.82 Å². The van der Waals surface area contributed by atoms with Crippen LogP contribution in [0.4, 0.5) is 11.5 Å². The molecule has 2 aromatic rings. The van der Waals surface area contributed by atoms with Crippen LogP contribution in [0, 0.1) is 17.2 Å². The van der Waals surface area contributed by atoms with Gasteiger partial charge < -0.3 is 19.9 Å². The van der Waals surface area contributed by atoms with Gasteiger partial charge in [0.1, 0.15) is 17.6 Å². The molecule has 162 valence electrons. The van der Waals surface area contributed by atoms with Gasteiger partial charge in [-0.2, -0.15) is 5.26 Å². The molecular formula is C22H24ClN5O3. The van der Waals surface area contributed by atoms with Gasteiger partial charge in [0, 0.05) is 37.3 Å². The molecule has 0 unspecified atom stereocenters. The van der Waals surface area contributed by atoms with E-state index in [0.29, 0.717) is 48.0 Å². The minimum Gasteiger partial charge on any atom is -0.495 e. The fraction of sp³-hybridized carbons (Fsp3) is 0.364. The fourth-order valence-corrected chi connectivity index (χ4v) is 3.74. The van der Waals surface area contributed by atoms with Crippen molar-refractivity contribution in [2.75, 3.05) is 44.0 Å². The summed E-state index contributed by atoms with van der Waals surface area (Å²) >= 11 is 5.99. The van der Waals surface area contributed by atoms with Crippen molar-refractivity contribution in [2.45, 2.75) is 12.8 Å². The van der Waals surface area contributed by atoms with Gasteiger partial charge >= 0.3 is 0 Å². The summed E-state index contributed by atoms with van der Waals surface area (Å²) < 4.78 is 5.23. The highest BCUT2D eigenvalue weighted by atomic mass is 35.5. The maximum atomic E-state index is 12.8. The number of carbonyl (C=O) groups excluding carboxylic acids is 2. The summed E-state index contributed by atoms with van der Waals surface area (Å²) in [6, 6.07) is 10.6. The molecule has 1 aliphatic heterocycles. The van der Waals surface area contributed by atoms with Gasteiger partial charge in [-0.3, -0.25) is 9.59 Å². The van der Waals surface area contributed by atoms with Gasteiger partial charge in [0.2, 0.25) is 11.8 Å². The average molecular weight is 442 g/mol. The second-order valence-corrected chi connectivity index (χ2v) is 7.80. The number of aromatic nitrogens is 1. The lowest BCUT2D eigenvalue weighted by atomic mass is 9.95. The van der Waals surface area contributed by atoms with Crippen molar-refractivity contribution in [2.24, 2.45) is 5.92 Å². The smallest absolute Gasteiger partial charge is 0.244 e. The van der Waals surface area contributed by atoms with Crippen LogP contribution in [0.15, 0.2) is 36.5 Å². The largest absolute Gasteiger partial charge is 0.495 e. The topological polar surface area (TPSA) is 98.6 Å². The maximum absolute atomic E-state index is 12.8. The van der Waals surface area contributed by atoms with E-state index < -0.39 is 0 Å². The number of rotatable bonds is 6. The lowest BCUT2D eigenvalue weighted by Crippen LogP contribution is -2.43. The molecule has 0 aliphatic carbocycles. The van der Waals surface area contributed by atoms with Crippen LogP contribution < -0.4 is 15.0 Å². The van der Waals surface area contributed by atoms with Crippen LogP contribution in [0.1, 0.15) is 18.4 Å². The van der Waals surface area contributed by atoms with E-state index in [2.05, 4.69) is 21.3 Å². The van der Waals surface area contributed by atoms with E-state index in [9.17, 15) is 9.59 Å². The Morgan fingerprint density at radius 3 is 2.68 bits per heavy atom. The van der Waals surface area contributed by atoms with Crippen LogP contribution in [-0.2, 0) is 9.59 Å². The third-order valence-electron chi connectivity index (χ3n) is 5.24. The third-order valence-corrected chi connectivity index (χ3v) is 5.47. The predicted molar refractivity (Wildman–Crippen MR) is 118 cm³/mol. The van der Waals surface area contributed by atoms with Crippen LogP contribution in [-0.4, -0.2) is 55.5 Å². The first kappa shape index (κ1) is 22.4. The summed E-state index contributed by atoms with van der Waals surface area (Å²) in [4.78, 5) is 33.1. The summed E-state index contributed by atoms with van der Waals surface area (Å²) in [5.74, 6) is 0.771. The zero-order chi connectivity index (χ0) is 22.4. The van der Waals surface area contributed by atoms with Gasteiger partial charge in [-0.15, -0.1) is 0 Å². The number of carbonyl (C=O) groups is 2. The van der Waals surface area contributed by atoms with E-state index in [1.165, 1.54) is 12.0 Å². The number of piperidine rings is 1. The van der Waals surface area contributed by atoms with Crippen molar-refractivity contribution < 1.29 is 14.3 Å². The number of hydrogen-bond donors (Lipinski definition) is 1. The Kier molecular flexibility index (Phi) is 7.32. The first-order valence-corrected chi connectivity index (χ1v) is 10.3. The summed E-state index contributed by atoms with van der Waals surface area (Å²) in [5.41, 5.74) is 0.980. The number of benzene rings is 1. The molecule has 0 spiro atoms. The number of halogens is 1. The van der Waals surface area contributed by atoms with Crippen molar-refractivity contribution in [1.82, 2.24) is 9.88 Å². The monoisotopic (exact) mass is 441 g/mol. The third kappa shape index (κ3) is 5.64. The van der Waals surface area contributed by atoms with Gasteiger partial charge in [0.05, 0.1) is 24.9 Å². The Bertz CT molecular complexity index is 982. The van der Waals surface area contributed by atoms with E-state index in [1.54, 1.807) is 37.5 Å². The molecule has 1 saturated heterocycles. The molecule has 1 N–H and O–H groups in total. The number of anilines is 2. The highest BCUT2D eigenvalue weighted by Gasteiger charge is 2.28. The van der Waals surface area contributed by atoms with Gasteiger partial charge in [0.15, 0.2) is 0 Å². The normalized spacial score (nSPS) is 13.9. The molecule has 0 saturated carbocycles. The molecule has 1 aromatic carbocycles. The second-order valence-electron chi connectivity index (χ2n) is 7.37. The van der Waals surface area contributed by atoms with E-state index in [1.807, 2.05) is 6.07 Å². The van der Waals surface area contributed by atoms with Crippen LogP contribution >= 0.6 is 11.6 Å². The lowest BCUT2D eigenvalue weighted by Gasteiger charge is -2.33. The second kappa shape index (κ2) is 10.1. The van der Waals surface area contributed by atoms with Crippen LogP contribution in [0.25, 0.3) is 0 Å². The van der Waals surface area contributed by atoms with Gasteiger partial charge in [-0.05, 0) is 43.2 Å². The van der Waals surface area contributed by atoms with Gasteiger partial charge in [-0.1, -0.05) is 11.6 Å². The summed E-state index contributed by atoms with van der Waals surface area (Å²) in [5, 5.41) is 12.1. The maximum Gasteiger partial charge on any atom is 0.244 e. The molecule has 2 heterocycles. The number of pyridine rings is 1. The van der Waals surface area contributed by atoms with Crippen molar-refractivity contribution in [3.63, 3.8) is 0 Å². The number of amides is 2. The minimum absolute atomic E-state index is 0.0550. The van der Waals surface area contributed by atoms with Crippen LogP contribution in [0.5, 0.6) is 5.75 Å². The molecular weight excluding hydrogens is 418 g/mol. The molecule has 3 rings (SSSR count). The Hall–Kier alpha value is -3.31. The summed E-state index contributed by atoms with van der Waals surface area (Å²) in [6.45, 7) is 1.32. The number of methoxy groups -OCH3 is 1. The number of hydrogen-bond acceptors (Lipinski definition) is 6. The molecule has 1 aromatic heterocycles. The van der Waals surface area contributed by atoms with Crippen LogP contribution in [0.2, 0.25) is 5.02 Å². The molecule has 9 heteroatoms. The summed E-state index contributed by atoms with van der Waals surface area (Å²) in [7, 11) is 3.14. The Morgan fingerprint density at radius 2 is 2.06 bits per heavy atom. The summed E-state index contributed by atoms with van der Waals surface area (Å²) in [6.07, 6.45) is 2.90. The molecule has 31 heavy (non-hydrogen) atoms. The minimum atomic E-state index is -0.323. The zero-order valence-electron chi connectivity index (χ0n) is 17.5. The Labute approximate surface area is 186 Å². The molecule has 0 radical (unpaired) electrons. The fourth-order valence-electron chi connectivity index (χ4n) is 3.57. The Balaban J connectivity index is 1.52. The standard InChI is InChI=1S/C22H24ClN5O3/c1-27(14-21(29)26-18-11-17(23)4-5-19(18)31-2)22(30)16-7-9-28(10-8-16)20-6-3-15(12-24)13-25-20/h3-6,11,13,16H,7-10,14H2,1-2H3,(H,26,29). The number of ether oxygens (including phenoxy) is 1. The average Bonchev–Trinajstić information content (AvgIpc) is 2.79. The molecule has 1 aliphatic rings. The first-order valence-electron chi connectivity index (χ1n) is 9.90. The van der Waals surface area contributed by atoms with Gasteiger partial charge in [-0.25, -0.2) is 4.98 Å². The molecule has 0 bridgehead atoms. The van der Waals surface area contributed by atoms with Crippen molar-refractivity contribution in [3.8, 4) is 11.8 Å². The predicted octanol–water partition coefficient (Wildman–Crippen LogP) is 2.93. The van der Waals surface area contributed by atoms with E-state index in [-0.39, 0.29) is 24.3 Å². The molecule has 2 amide bonds. The quantitative estimate of drug-likeness (QED) is 0.740. The number of nitrogens with one attached hydrogen (secondary N) is 1. The zero-order valence-corrected chi connectivity index (χ0v) is 18.2. The van der Waals surface area contributed by atoms with Crippen LogP contribution in [0.3, 0.4) is 0 Å². The molecule has 1 fully saturated rings. The number of likely N-dealkylation sites (N-methyl/N-ethyl adjacent to an activating group) is 1. The van der Waals surface area contributed by atoms with Crippen molar-refractivity contribution in [3.05, 3.63) is 47.1 Å². The first-order chi connectivity index (χ1) is 14.9. The van der Waals surface area contributed by atoms with E-state index >= 15 is 0 Å². The highest BCUT2D eigenvalue weighted by Crippen LogP contribution is 2.28. The number of nitriles is 1. The van der Waals surface area contributed by atoms with Crippen molar-refractivity contribution >= 4 is 34.9 Å².